The summed E-state index contributed by atoms with van der Waals surface area (Å²) in [4.78, 5) is 0. The maximum absolute atomic E-state index is 9.76. The Morgan fingerprint density at radius 3 is 1.47 bits per heavy atom. The van der Waals surface area contributed by atoms with Gasteiger partial charge in [0.05, 0.1) is 14.2 Å². The highest BCUT2D eigenvalue weighted by molar-refractivity contribution is 5.50. The average Bonchev–Trinajstić information content (AvgIpc) is 2.42. The molecule has 5 nitrogen and oxygen atoms in total. The predicted octanol–water partition coefficient (Wildman–Crippen LogP) is 2.91. The molecule has 2 aromatic carbocycles. The summed E-state index contributed by atoms with van der Waals surface area (Å²) in [5.41, 5.74) is 0. The molecule has 0 bridgehead atoms. The average molecular weight is 262 g/mol. The highest BCUT2D eigenvalue weighted by Gasteiger charge is 2.09. The number of benzene rings is 2. The SMILES string of the molecule is COc1ccc(Oc2ccc(OC)cc2O)c(O)c1. The van der Waals surface area contributed by atoms with E-state index in [0.29, 0.717) is 11.5 Å². The van der Waals surface area contributed by atoms with E-state index >= 15 is 0 Å². The van der Waals surface area contributed by atoms with Gasteiger partial charge < -0.3 is 24.4 Å². The molecule has 0 aliphatic heterocycles. The number of hydrogen-bond acceptors (Lipinski definition) is 5. The van der Waals surface area contributed by atoms with Crippen molar-refractivity contribution in [3.8, 4) is 34.5 Å². The van der Waals surface area contributed by atoms with Gasteiger partial charge in [0.15, 0.2) is 23.0 Å². The first kappa shape index (κ1) is 12.9. The van der Waals surface area contributed by atoms with E-state index in [0.717, 1.165) is 0 Å². The minimum Gasteiger partial charge on any atom is -0.504 e. The standard InChI is InChI=1S/C14H14O5/c1-17-9-3-5-13(11(15)7-9)19-14-6-4-10(18-2)8-12(14)16/h3-8,15-16H,1-2H3. The van der Waals surface area contributed by atoms with Crippen LogP contribution in [0.3, 0.4) is 0 Å². The minimum absolute atomic E-state index is 0.0745. The molecule has 0 aromatic heterocycles. The maximum atomic E-state index is 9.76. The molecule has 2 N–H and O–H groups in total. The van der Waals surface area contributed by atoms with E-state index < -0.39 is 0 Å². The number of phenols is 2. The van der Waals surface area contributed by atoms with Gasteiger partial charge in [0.25, 0.3) is 0 Å². The smallest absolute Gasteiger partial charge is 0.169 e. The third-order valence-corrected chi connectivity index (χ3v) is 2.55. The molecule has 0 aliphatic rings. The third-order valence-electron chi connectivity index (χ3n) is 2.55. The Morgan fingerprint density at radius 1 is 0.737 bits per heavy atom. The molecule has 0 aliphatic carbocycles. The number of methoxy groups -OCH3 is 2. The Labute approximate surface area is 110 Å². The molecule has 0 unspecified atom stereocenters. The zero-order valence-corrected chi connectivity index (χ0v) is 10.6. The van der Waals surface area contributed by atoms with Crippen molar-refractivity contribution in [1.82, 2.24) is 0 Å². The van der Waals surface area contributed by atoms with Gasteiger partial charge in [-0.15, -0.1) is 0 Å². The first-order chi connectivity index (χ1) is 9.13. The number of phenolic OH excluding ortho intramolecular Hbond substituents is 2. The summed E-state index contributed by atoms with van der Waals surface area (Å²) in [7, 11) is 3.01. The lowest BCUT2D eigenvalue weighted by molar-refractivity contribution is 0.372. The molecule has 0 atom stereocenters. The van der Waals surface area contributed by atoms with Crippen molar-refractivity contribution in [2.75, 3.05) is 14.2 Å². The molecular weight excluding hydrogens is 248 g/mol. The van der Waals surface area contributed by atoms with Gasteiger partial charge in [-0.3, -0.25) is 0 Å². The van der Waals surface area contributed by atoms with Crippen LogP contribution in [0.5, 0.6) is 34.5 Å². The van der Waals surface area contributed by atoms with Crippen molar-refractivity contribution in [3.05, 3.63) is 36.4 Å². The van der Waals surface area contributed by atoms with E-state index in [2.05, 4.69) is 0 Å². The van der Waals surface area contributed by atoms with Crippen LogP contribution in [0.1, 0.15) is 0 Å². The van der Waals surface area contributed by atoms with Crippen LogP contribution in [-0.2, 0) is 0 Å². The summed E-state index contributed by atoms with van der Waals surface area (Å²) in [5.74, 6) is 1.33. The van der Waals surface area contributed by atoms with Crippen LogP contribution in [0.4, 0.5) is 0 Å². The molecule has 5 heteroatoms. The van der Waals surface area contributed by atoms with E-state index in [1.54, 1.807) is 24.3 Å². The van der Waals surface area contributed by atoms with Crippen LogP contribution in [0.25, 0.3) is 0 Å². The van der Waals surface area contributed by atoms with Gasteiger partial charge >= 0.3 is 0 Å². The second kappa shape index (κ2) is 5.39. The largest absolute Gasteiger partial charge is 0.504 e. The van der Waals surface area contributed by atoms with E-state index in [1.165, 1.54) is 26.4 Å². The molecule has 2 rings (SSSR count). The van der Waals surface area contributed by atoms with Gasteiger partial charge in [0.1, 0.15) is 11.5 Å². The van der Waals surface area contributed by atoms with Gasteiger partial charge in [-0.2, -0.15) is 0 Å². The molecule has 2 aromatic rings. The highest BCUT2D eigenvalue weighted by Crippen LogP contribution is 2.38. The van der Waals surface area contributed by atoms with E-state index in [-0.39, 0.29) is 23.0 Å². The molecule has 100 valence electrons. The Hall–Kier alpha value is -2.56. The maximum Gasteiger partial charge on any atom is 0.169 e. The zero-order chi connectivity index (χ0) is 13.8. The Kier molecular flexibility index (Phi) is 3.66. The second-order valence-electron chi connectivity index (χ2n) is 3.77. The van der Waals surface area contributed by atoms with Gasteiger partial charge in [-0.1, -0.05) is 0 Å². The van der Waals surface area contributed by atoms with Gasteiger partial charge in [-0.25, -0.2) is 0 Å². The molecule has 19 heavy (non-hydrogen) atoms. The van der Waals surface area contributed by atoms with Crippen molar-refractivity contribution in [3.63, 3.8) is 0 Å². The second-order valence-corrected chi connectivity index (χ2v) is 3.77. The normalized spacial score (nSPS) is 10.0. The first-order valence-corrected chi connectivity index (χ1v) is 5.56. The van der Waals surface area contributed by atoms with Crippen molar-refractivity contribution >= 4 is 0 Å². The molecule has 0 saturated heterocycles. The van der Waals surface area contributed by atoms with Crippen LogP contribution in [0, 0.1) is 0 Å². The van der Waals surface area contributed by atoms with Crippen LogP contribution in [0.2, 0.25) is 0 Å². The predicted molar refractivity (Wildman–Crippen MR) is 69.4 cm³/mol. The fraction of sp³-hybridized carbons (Fsp3) is 0.143. The topological polar surface area (TPSA) is 68.2 Å². The van der Waals surface area contributed by atoms with Gasteiger partial charge in [0, 0.05) is 12.1 Å². The van der Waals surface area contributed by atoms with Gasteiger partial charge in [0.2, 0.25) is 0 Å². The molecule has 0 heterocycles. The lowest BCUT2D eigenvalue weighted by Gasteiger charge is -2.10. The van der Waals surface area contributed by atoms with Crippen molar-refractivity contribution in [2.45, 2.75) is 0 Å². The van der Waals surface area contributed by atoms with Gasteiger partial charge in [-0.05, 0) is 24.3 Å². The summed E-state index contributed by atoms with van der Waals surface area (Å²) >= 11 is 0. The number of hydrogen-bond donors (Lipinski definition) is 2. The monoisotopic (exact) mass is 262 g/mol. The molecule has 0 amide bonds. The molecule has 0 spiro atoms. The van der Waals surface area contributed by atoms with E-state index in [4.69, 9.17) is 14.2 Å². The molecule has 0 fully saturated rings. The first-order valence-electron chi connectivity index (χ1n) is 5.56. The third kappa shape index (κ3) is 2.82. The van der Waals surface area contributed by atoms with Crippen LogP contribution in [0.15, 0.2) is 36.4 Å². The summed E-state index contributed by atoms with van der Waals surface area (Å²) < 4.78 is 15.4. The number of rotatable bonds is 4. The fourth-order valence-electron chi connectivity index (χ4n) is 1.54. The Balaban J connectivity index is 2.26. The summed E-state index contributed by atoms with van der Waals surface area (Å²) in [6, 6.07) is 9.26. The van der Waals surface area contributed by atoms with Crippen molar-refractivity contribution in [1.29, 1.82) is 0 Å². The quantitative estimate of drug-likeness (QED) is 0.886. The summed E-state index contributed by atoms with van der Waals surface area (Å²) in [5, 5.41) is 19.5. The lowest BCUT2D eigenvalue weighted by Crippen LogP contribution is -1.88. The van der Waals surface area contributed by atoms with Crippen LogP contribution in [-0.4, -0.2) is 24.4 Å². The van der Waals surface area contributed by atoms with E-state index in [1.807, 2.05) is 0 Å². The number of ether oxygens (including phenoxy) is 3. The van der Waals surface area contributed by atoms with Crippen molar-refractivity contribution in [2.24, 2.45) is 0 Å². The Bertz CT molecular complexity index is 529. The zero-order valence-electron chi connectivity index (χ0n) is 10.6. The lowest BCUT2D eigenvalue weighted by atomic mass is 10.2. The molecule has 0 radical (unpaired) electrons. The number of aromatic hydroxyl groups is 2. The summed E-state index contributed by atoms with van der Waals surface area (Å²) in [6.07, 6.45) is 0. The fourth-order valence-corrected chi connectivity index (χ4v) is 1.54. The van der Waals surface area contributed by atoms with Crippen molar-refractivity contribution < 1.29 is 24.4 Å². The molecule has 0 saturated carbocycles. The minimum atomic E-state index is -0.0745. The summed E-state index contributed by atoms with van der Waals surface area (Å²) in [6.45, 7) is 0. The molecular formula is C14H14O5. The highest BCUT2D eigenvalue weighted by atomic mass is 16.5. The van der Waals surface area contributed by atoms with Crippen LogP contribution >= 0.6 is 0 Å². The van der Waals surface area contributed by atoms with E-state index in [9.17, 15) is 10.2 Å². The van der Waals surface area contributed by atoms with Crippen LogP contribution < -0.4 is 14.2 Å². The Morgan fingerprint density at radius 2 is 1.16 bits per heavy atom.